The van der Waals surface area contributed by atoms with E-state index >= 15 is 0 Å². The number of carbonyl (C=O) groups is 3. The number of benzene rings is 1. The molecule has 1 saturated heterocycles. The zero-order valence-corrected chi connectivity index (χ0v) is 11.8. The fourth-order valence-corrected chi connectivity index (χ4v) is 2.62. The number of amides is 2. The summed E-state index contributed by atoms with van der Waals surface area (Å²) in [6.45, 7) is 3.74. The molecule has 1 aromatic carbocycles. The second kappa shape index (κ2) is 5.57. The van der Waals surface area contributed by atoms with Crippen molar-refractivity contribution in [1.29, 1.82) is 0 Å². The van der Waals surface area contributed by atoms with E-state index in [1.54, 1.807) is 12.1 Å². The number of nitrogens with zero attached hydrogens (tertiary/aromatic N) is 1. The van der Waals surface area contributed by atoms with Gasteiger partial charge in [0.15, 0.2) is 5.78 Å². The number of hydrogen-bond acceptors (Lipinski definition) is 4. The van der Waals surface area contributed by atoms with E-state index in [0.717, 1.165) is 27.8 Å². The molecule has 19 heavy (non-hydrogen) atoms. The van der Waals surface area contributed by atoms with Crippen LogP contribution < -0.4 is 0 Å². The molecule has 1 heterocycles. The summed E-state index contributed by atoms with van der Waals surface area (Å²) >= 11 is 1.09. The first-order chi connectivity index (χ1) is 8.99. The maximum atomic E-state index is 12.1. The van der Waals surface area contributed by atoms with Crippen LogP contribution in [0.25, 0.3) is 0 Å². The molecule has 0 radical (unpaired) electrons. The Hall–Kier alpha value is -1.62. The molecule has 0 atom stereocenters. The van der Waals surface area contributed by atoms with Crippen molar-refractivity contribution in [3.05, 3.63) is 34.9 Å². The van der Waals surface area contributed by atoms with Crippen LogP contribution in [0.2, 0.25) is 0 Å². The zero-order chi connectivity index (χ0) is 14.0. The van der Waals surface area contributed by atoms with Crippen LogP contribution in [-0.2, 0) is 4.79 Å². The van der Waals surface area contributed by atoms with Gasteiger partial charge in [-0.2, -0.15) is 0 Å². The molecule has 0 aliphatic carbocycles. The van der Waals surface area contributed by atoms with Gasteiger partial charge in [0.25, 0.3) is 5.24 Å². The molecule has 0 N–H and O–H groups in total. The zero-order valence-electron chi connectivity index (χ0n) is 10.9. The van der Waals surface area contributed by atoms with Crippen molar-refractivity contribution in [1.82, 2.24) is 4.90 Å². The maximum Gasteiger partial charge on any atom is 0.288 e. The first-order valence-electron chi connectivity index (χ1n) is 6.06. The maximum absolute atomic E-state index is 12.1. The van der Waals surface area contributed by atoms with E-state index in [4.69, 9.17) is 0 Å². The standard InChI is InChI=1S/C14H15NO3S/c1-9-3-4-11(7-10(9)2)12(16)8-15-13(17)5-6-19-14(15)18/h3-4,7H,5-6,8H2,1-2H3. The van der Waals surface area contributed by atoms with Crippen LogP contribution in [0.1, 0.15) is 27.9 Å². The Morgan fingerprint density at radius 1 is 1.26 bits per heavy atom. The highest BCUT2D eigenvalue weighted by Gasteiger charge is 2.28. The molecule has 0 unspecified atom stereocenters. The number of rotatable bonds is 3. The molecule has 2 rings (SSSR count). The summed E-state index contributed by atoms with van der Waals surface area (Å²) in [5.41, 5.74) is 2.67. The van der Waals surface area contributed by atoms with E-state index < -0.39 is 0 Å². The van der Waals surface area contributed by atoms with Crippen LogP contribution in [-0.4, -0.2) is 34.1 Å². The van der Waals surface area contributed by atoms with Gasteiger partial charge in [-0.25, -0.2) is 0 Å². The molecule has 0 aromatic heterocycles. The van der Waals surface area contributed by atoms with Gasteiger partial charge in [0.1, 0.15) is 0 Å². The molecule has 1 aliphatic heterocycles. The number of carbonyl (C=O) groups excluding carboxylic acids is 3. The van der Waals surface area contributed by atoms with Crippen LogP contribution in [0.5, 0.6) is 0 Å². The monoisotopic (exact) mass is 277 g/mol. The lowest BCUT2D eigenvalue weighted by Gasteiger charge is -2.23. The quantitative estimate of drug-likeness (QED) is 0.797. The Kier molecular flexibility index (Phi) is 4.04. The van der Waals surface area contributed by atoms with Crippen molar-refractivity contribution < 1.29 is 14.4 Å². The third-order valence-electron chi connectivity index (χ3n) is 3.19. The van der Waals surface area contributed by atoms with Crippen molar-refractivity contribution in [2.75, 3.05) is 12.3 Å². The minimum Gasteiger partial charge on any atom is -0.292 e. The average molecular weight is 277 g/mol. The van der Waals surface area contributed by atoms with Crippen molar-refractivity contribution in [2.45, 2.75) is 20.3 Å². The molecular formula is C14H15NO3S. The first kappa shape index (κ1) is 13.8. The highest BCUT2D eigenvalue weighted by Crippen LogP contribution is 2.19. The summed E-state index contributed by atoms with van der Waals surface area (Å²) in [7, 11) is 0. The largest absolute Gasteiger partial charge is 0.292 e. The summed E-state index contributed by atoms with van der Waals surface area (Å²) in [5, 5.41) is -0.326. The summed E-state index contributed by atoms with van der Waals surface area (Å²) in [6, 6.07) is 5.40. The molecule has 1 aliphatic rings. The molecule has 100 valence electrons. The second-order valence-electron chi connectivity index (χ2n) is 4.57. The highest BCUT2D eigenvalue weighted by molar-refractivity contribution is 8.13. The number of thioether (sulfide) groups is 1. The first-order valence-corrected chi connectivity index (χ1v) is 7.05. The van der Waals surface area contributed by atoms with Crippen molar-refractivity contribution >= 4 is 28.7 Å². The Morgan fingerprint density at radius 2 is 2.00 bits per heavy atom. The molecule has 2 amide bonds. The van der Waals surface area contributed by atoms with E-state index in [-0.39, 0.29) is 23.5 Å². The number of ketones is 1. The van der Waals surface area contributed by atoms with E-state index in [0.29, 0.717) is 17.7 Å². The van der Waals surface area contributed by atoms with Gasteiger partial charge in [-0.05, 0) is 31.0 Å². The fraction of sp³-hybridized carbons (Fsp3) is 0.357. The molecular weight excluding hydrogens is 262 g/mol. The van der Waals surface area contributed by atoms with E-state index in [2.05, 4.69) is 0 Å². The van der Waals surface area contributed by atoms with Gasteiger partial charge >= 0.3 is 0 Å². The summed E-state index contributed by atoms with van der Waals surface area (Å²) < 4.78 is 0. The Bertz CT molecular complexity index is 538. The summed E-state index contributed by atoms with van der Waals surface area (Å²) in [4.78, 5) is 36.4. The average Bonchev–Trinajstić information content (AvgIpc) is 2.37. The Balaban J connectivity index is 2.14. The van der Waals surface area contributed by atoms with Crippen LogP contribution >= 0.6 is 11.8 Å². The number of aryl methyl sites for hydroxylation is 2. The Labute approximate surface area is 116 Å². The fourth-order valence-electron chi connectivity index (χ4n) is 1.84. The minimum atomic E-state index is -0.326. The lowest BCUT2D eigenvalue weighted by molar-refractivity contribution is -0.127. The van der Waals surface area contributed by atoms with E-state index in [1.165, 1.54) is 0 Å². The summed E-state index contributed by atoms with van der Waals surface area (Å²) in [6.07, 6.45) is 0.316. The topological polar surface area (TPSA) is 54.5 Å². The predicted octanol–water partition coefficient (Wildman–Crippen LogP) is 2.57. The molecule has 4 nitrogen and oxygen atoms in total. The van der Waals surface area contributed by atoms with E-state index in [1.807, 2.05) is 19.9 Å². The molecule has 0 saturated carbocycles. The molecule has 1 aromatic rings. The van der Waals surface area contributed by atoms with Gasteiger partial charge in [0, 0.05) is 17.7 Å². The van der Waals surface area contributed by atoms with Gasteiger partial charge in [0.2, 0.25) is 5.91 Å². The van der Waals surface area contributed by atoms with Crippen LogP contribution in [0.15, 0.2) is 18.2 Å². The summed E-state index contributed by atoms with van der Waals surface area (Å²) in [5.74, 6) is 0.0414. The molecule has 0 bridgehead atoms. The highest BCUT2D eigenvalue weighted by atomic mass is 32.2. The lowest BCUT2D eigenvalue weighted by Crippen LogP contribution is -2.41. The van der Waals surface area contributed by atoms with Gasteiger partial charge in [-0.15, -0.1) is 0 Å². The van der Waals surface area contributed by atoms with Crippen LogP contribution in [0, 0.1) is 13.8 Å². The third kappa shape index (κ3) is 3.04. The number of hydrogen-bond donors (Lipinski definition) is 0. The predicted molar refractivity (Wildman–Crippen MR) is 74.4 cm³/mol. The molecule has 1 fully saturated rings. The van der Waals surface area contributed by atoms with Crippen molar-refractivity contribution in [3.63, 3.8) is 0 Å². The lowest BCUT2D eigenvalue weighted by atomic mass is 10.0. The van der Waals surface area contributed by atoms with Crippen molar-refractivity contribution in [3.8, 4) is 0 Å². The van der Waals surface area contributed by atoms with Gasteiger partial charge in [-0.3, -0.25) is 19.3 Å². The normalized spacial score (nSPS) is 15.8. The van der Waals surface area contributed by atoms with Gasteiger partial charge in [-0.1, -0.05) is 23.9 Å². The SMILES string of the molecule is Cc1ccc(C(=O)CN2C(=O)CCSC2=O)cc1C. The third-order valence-corrected chi connectivity index (χ3v) is 4.07. The smallest absolute Gasteiger partial charge is 0.288 e. The Morgan fingerprint density at radius 3 is 2.63 bits per heavy atom. The number of Topliss-reactive ketones (excluding diaryl/α,β-unsaturated/α-hetero) is 1. The number of imide groups is 1. The van der Waals surface area contributed by atoms with Gasteiger partial charge in [0.05, 0.1) is 6.54 Å². The van der Waals surface area contributed by atoms with E-state index in [9.17, 15) is 14.4 Å². The second-order valence-corrected chi connectivity index (χ2v) is 5.61. The van der Waals surface area contributed by atoms with Crippen LogP contribution in [0.3, 0.4) is 0 Å². The van der Waals surface area contributed by atoms with Crippen LogP contribution in [0.4, 0.5) is 4.79 Å². The molecule has 5 heteroatoms. The van der Waals surface area contributed by atoms with Crippen molar-refractivity contribution in [2.24, 2.45) is 0 Å². The van der Waals surface area contributed by atoms with Gasteiger partial charge < -0.3 is 0 Å². The minimum absolute atomic E-state index is 0.160. The molecule has 0 spiro atoms.